The minimum Gasteiger partial charge on any atom is -0.309 e. The SMILES string of the molecule is CCC(C)N1CC2CCC(C1)N2. The average Bonchev–Trinajstić information content (AvgIpc) is 2.44. The van der Waals surface area contributed by atoms with Crippen molar-refractivity contribution in [2.75, 3.05) is 13.1 Å². The molecule has 3 atom stereocenters. The maximum Gasteiger partial charge on any atom is 0.0198 e. The normalized spacial score (nSPS) is 38.5. The van der Waals surface area contributed by atoms with E-state index in [2.05, 4.69) is 24.1 Å². The van der Waals surface area contributed by atoms with E-state index in [-0.39, 0.29) is 0 Å². The third-order valence-electron chi connectivity index (χ3n) is 3.46. The maximum absolute atomic E-state index is 3.66. The van der Waals surface area contributed by atoms with Crippen LogP contribution in [0.3, 0.4) is 0 Å². The largest absolute Gasteiger partial charge is 0.309 e. The Morgan fingerprint density at radius 3 is 2.42 bits per heavy atom. The summed E-state index contributed by atoms with van der Waals surface area (Å²) < 4.78 is 0. The van der Waals surface area contributed by atoms with Crippen molar-refractivity contribution in [3.05, 3.63) is 0 Å². The van der Waals surface area contributed by atoms with Gasteiger partial charge in [0.2, 0.25) is 0 Å². The number of piperazine rings is 1. The Balaban J connectivity index is 1.93. The van der Waals surface area contributed by atoms with Gasteiger partial charge in [0.1, 0.15) is 0 Å². The molecule has 2 nitrogen and oxygen atoms in total. The lowest BCUT2D eigenvalue weighted by atomic mass is 10.1. The molecule has 0 spiro atoms. The van der Waals surface area contributed by atoms with Crippen LogP contribution in [0.25, 0.3) is 0 Å². The van der Waals surface area contributed by atoms with Gasteiger partial charge in [-0.1, -0.05) is 6.92 Å². The van der Waals surface area contributed by atoms with Gasteiger partial charge in [0.25, 0.3) is 0 Å². The predicted octanol–water partition coefficient (Wildman–Crippen LogP) is 1.22. The Hall–Kier alpha value is -0.0800. The lowest BCUT2D eigenvalue weighted by molar-refractivity contribution is 0.146. The highest BCUT2D eigenvalue weighted by atomic mass is 15.2. The van der Waals surface area contributed by atoms with E-state index in [0.717, 1.165) is 18.1 Å². The first-order valence-corrected chi connectivity index (χ1v) is 5.29. The predicted molar refractivity (Wildman–Crippen MR) is 51.3 cm³/mol. The summed E-state index contributed by atoms with van der Waals surface area (Å²) in [5.74, 6) is 0. The third kappa shape index (κ3) is 1.50. The second kappa shape index (κ2) is 3.35. The lowest BCUT2D eigenvalue weighted by Gasteiger charge is -2.36. The van der Waals surface area contributed by atoms with E-state index < -0.39 is 0 Å². The van der Waals surface area contributed by atoms with Crippen molar-refractivity contribution >= 4 is 0 Å². The van der Waals surface area contributed by atoms with Gasteiger partial charge in [-0.2, -0.15) is 0 Å². The summed E-state index contributed by atoms with van der Waals surface area (Å²) in [6.45, 7) is 7.20. The summed E-state index contributed by atoms with van der Waals surface area (Å²) in [6.07, 6.45) is 4.09. The molecule has 2 rings (SSSR count). The van der Waals surface area contributed by atoms with Gasteiger partial charge in [-0.15, -0.1) is 0 Å². The second-order valence-corrected chi connectivity index (χ2v) is 4.35. The van der Waals surface area contributed by atoms with E-state index in [1.165, 1.54) is 32.4 Å². The highest BCUT2D eigenvalue weighted by Crippen LogP contribution is 2.21. The fourth-order valence-corrected chi connectivity index (χ4v) is 2.45. The molecule has 2 fully saturated rings. The minimum atomic E-state index is 0.787. The van der Waals surface area contributed by atoms with Gasteiger partial charge in [-0.25, -0.2) is 0 Å². The van der Waals surface area contributed by atoms with Crippen molar-refractivity contribution in [1.82, 2.24) is 10.2 Å². The van der Waals surface area contributed by atoms with Gasteiger partial charge in [0, 0.05) is 31.2 Å². The molecule has 70 valence electrons. The zero-order valence-electron chi connectivity index (χ0n) is 8.21. The van der Waals surface area contributed by atoms with Gasteiger partial charge in [-0.05, 0) is 26.2 Å². The summed E-state index contributed by atoms with van der Waals surface area (Å²) >= 11 is 0. The molecule has 2 heterocycles. The van der Waals surface area contributed by atoms with E-state index in [4.69, 9.17) is 0 Å². The van der Waals surface area contributed by atoms with Crippen LogP contribution in [-0.2, 0) is 0 Å². The summed E-state index contributed by atoms with van der Waals surface area (Å²) in [6, 6.07) is 2.39. The van der Waals surface area contributed by atoms with Crippen molar-refractivity contribution in [3.63, 3.8) is 0 Å². The van der Waals surface area contributed by atoms with Gasteiger partial charge >= 0.3 is 0 Å². The van der Waals surface area contributed by atoms with Crippen LogP contribution in [-0.4, -0.2) is 36.1 Å². The smallest absolute Gasteiger partial charge is 0.0198 e. The molecule has 0 radical (unpaired) electrons. The molecule has 2 saturated heterocycles. The molecule has 2 aliphatic heterocycles. The van der Waals surface area contributed by atoms with Gasteiger partial charge in [0.05, 0.1) is 0 Å². The fourth-order valence-electron chi connectivity index (χ4n) is 2.45. The van der Waals surface area contributed by atoms with Crippen LogP contribution in [0.2, 0.25) is 0 Å². The van der Waals surface area contributed by atoms with E-state index in [0.29, 0.717) is 0 Å². The molecular weight excluding hydrogens is 148 g/mol. The Kier molecular flexibility index (Phi) is 2.37. The van der Waals surface area contributed by atoms with Crippen LogP contribution in [0.4, 0.5) is 0 Å². The van der Waals surface area contributed by atoms with Crippen molar-refractivity contribution in [1.29, 1.82) is 0 Å². The highest BCUT2D eigenvalue weighted by Gasteiger charge is 2.33. The quantitative estimate of drug-likeness (QED) is 0.667. The van der Waals surface area contributed by atoms with Crippen LogP contribution >= 0.6 is 0 Å². The standard InChI is InChI=1S/C10H20N2/c1-3-8(2)12-6-9-4-5-10(7-12)11-9/h8-11H,3-7H2,1-2H3. The van der Waals surface area contributed by atoms with E-state index in [1.54, 1.807) is 0 Å². The maximum atomic E-state index is 3.66. The Bertz CT molecular complexity index is 146. The molecule has 2 heteroatoms. The van der Waals surface area contributed by atoms with Gasteiger partial charge in [0.15, 0.2) is 0 Å². The summed E-state index contributed by atoms with van der Waals surface area (Å²) in [7, 11) is 0. The third-order valence-corrected chi connectivity index (χ3v) is 3.46. The minimum absolute atomic E-state index is 0.787. The molecule has 0 aromatic rings. The number of fused-ring (bicyclic) bond motifs is 2. The first-order valence-electron chi connectivity index (χ1n) is 5.29. The zero-order chi connectivity index (χ0) is 8.55. The Labute approximate surface area is 75.3 Å². The Morgan fingerprint density at radius 1 is 1.33 bits per heavy atom. The molecule has 2 aliphatic rings. The molecule has 0 saturated carbocycles. The monoisotopic (exact) mass is 168 g/mol. The van der Waals surface area contributed by atoms with Gasteiger partial charge in [-0.3, -0.25) is 4.90 Å². The number of likely N-dealkylation sites (tertiary alicyclic amines) is 1. The number of hydrogen-bond donors (Lipinski definition) is 1. The van der Waals surface area contributed by atoms with Crippen molar-refractivity contribution in [3.8, 4) is 0 Å². The summed E-state index contributed by atoms with van der Waals surface area (Å²) in [5, 5.41) is 3.66. The number of nitrogens with zero attached hydrogens (tertiary/aromatic N) is 1. The van der Waals surface area contributed by atoms with E-state index >= 15 is 0 Å². The molecule has 3 unspecified atom stereocenters. The summed E-state index contributed by atoms with van der Waals surface area (Å²) in [5.41, 5.74) is 0. The topological polar surface area (TPSA) is 15.3 Å². The number of hydrogen-bond acceptors (Lipinski definition) is 2. The van der Waals surface area contributed by atoms with Crippen molar-refractivity contribution < 1.29 is 0 Å². The van der Waals surface area contributed by atoms with Crippen molar-refractivity contribution in [2.24, 2.45) is 0 Å². The molecule has 0 aromatic carbocycles. The fraction of sp³-hybridized carbons (Fsp3) is 1.00. The molecule has 0 aliphatic carbocycles. The van der Waals surface area contributed by atoms with Crippen LogP contribution in [0.15, 0.2) is 0 Å². The van der Waals surface area contributed by atoms with E-state index in [9.17, 15) is 0 Å². The molecular formula is C10H20N2. The van der Waals surface area contributed by atoms with Gasteiger partial charge < -0.3 is 5.32 Å². The van der Waals surface area contributed by atoms with Crippen LogP contribution in [0.5, 0.6) is 0 Å². The highest BCUT2D eigenvalue weighted by molar-refractivity contribution is 4.93. The van der Waals surface area contributed by atoms with Crippen molar-refractivity contribution in [2.45, 2.75) is 51.2 Å². The van der Waals surface area contributed by atoms with E-state index in [1.807, 2.05) is 0 Å². The van der Waals surface area contributed by atoms with Crippen LogP contribution < -0.4 is 5.32 Å². The number of rotatable bonds is 2. The molecule has 12 heavy (non-hydrogen) atoms. The first kappa shape index (κ1) is 8.52. The lowest BCUT2D eigenvalue weighted by Crippen LogP contribution is -2.53. The molecule has 0 amide bonds. The molecule has 0 aromatic heterocycles. The van der Waals surface area contributed by atoms with Crippen LogP contribution in [0, 0.1) is 0 Å². The molecule has 1 N–H and O–H groups in total. The second-order valence-electron chi connectivity index (χ2n) is 4.35. The molecule has 2 bridgehead atoms. The summed E-state index contributed by atoms with van der Waals surface area (Å²) in [4.78, 5) is 2.65. The Morgan fingerprint density at radius 2 is 1.92 bits per heavy atom. The first-order chi connectivity index (χ1) is 5.79. The zero-order valence-corrected chi connectivity index (χ0v) is 8.21. The average molecular weight is 168 g/mol. The van der Waals surface area contributed by atoms with Crippen LogP contribution in [0.1, 0.15) is 33.1 Å². The number of nitrogens with one attached hydrogen (secondary N) is 1.